The van der Waals surface area contributed by atoms with Crippen molar-refractivity contribution in [1.82, 2.24) is 5.43 Å². The molecule has 0 aliphatic heterocycles. The lowest BCUT2D eigenvalue weighted by Crippen LogP contribution is -2.24. The Balaban J connectivity index is 1.52. The molecule has 1 N–H and O–H groups in total. The molecule has 0 unspecified atom stereocenters. The second kappa shape index (κ2) is 11.6. The summed E-state index contributed by atoms with van der Waals surface area (Å²) in [6, 6.07) is 17.3. The van der Waals surface area contributed by atoms with Gasteiger partial charge in [0.15, 0.2) is 18.1 Å². The SMILES string of the molecule is COc1cc(/C=N\NC(=O)COc2ccc(Cl)cc2)ccc1OCc1ccc(Cl)c(Cl)c1. The van der Waals surface area contributed by atoms with E-state index in [9.17, 15) is 4.79 Å². The van der Waals surface area contributed by atoms with Gasteiger partial charge in [-0.1, -0.05) is 40.9 Å². The van der Waals surface area contributed by atoms with E-state index < -0.39 is 5.91 Å². The molecule has 166 valence electrons. The van der Waals surface area contributed by atoms with Crippen LogP contribution in [0.15, 0.2) is 65.8 Å². The molecule has 0 heterocycles. The summed E-state index contributed by atoms with van der Waals surface area (Å²) in [6.45, 7) is 0.119. The van der Waals surface area contributed by atoms with Crippen LogP contribution in [0.25, 0.3) is 0 Å². The molecule has 0 radical (unpaired) electrons. The predicted molar refractivity (Wildman–Crippen MR) is 126 cm³/mol. The fraction of sp³-hybridized carbons (Fsp3) is 0.130. The smallest absolute Gasteiger partial charge is 0.277 e. The Morgan fingerprint density at radius 3 is 2.44 bits per heavy atom. The number of amides is 1. The lowest BCUT2D eigenvalue weighted by atomic mass is 10.2. The van der Waals surface area contributed by atoms with E-state index in [1.54, 1.807) is 54.6 Å². The van der Waals surface area contributed by atoms with Gasteiger partial charge in [0.25, 0.3) is 5.91 Å². The molecule has 9 heteroatoms. The van der Waals surface area contributed by atoms with Gasteiger partial charge in [0, 0.05) is 5.02 Å². The number of hydrogen-bond acceptors (Lipinski definition) is 5. The van der Waals surface area contributed by atoms with Crippen molar-refractivity contribution in [3.63, 3.8) is 0 Å². The van der Waals surface area contributed by atoms with Gasteiger partial charge in [-0.05, 0) is 65.7 Å². The minimum Gasteiger partial charge on any atom is -0.493 e. The van der Waals surface area contributed by atoms with Crippen LogP contribution in [-0.2, 0) is 11.4 Å². The summed E-state index contributed by atoms with van der Waals surface area (Å²) in [5, 5.41) is 5.48. The molecular formula is C23H19Cl3N2O4. The molecule has 0 aliphatic carbocycles. The maximum Gasteiger partial charge on any atom is 0.277 e. The van der Waals surface area contributed by atoms with Gasteiger partial charge in [0.05, 0.1) is 23.4 Å². The fourth-order valence-electron chi connectivity index (χ4n) is 2.57. The molecule has 3 aromatic carbocycles. The van der Waals surface area contributed by atoms with Crippen molar-refractivity contribution in [3.05, 3.63) is 86.9 Å². The highest BCUT2D eigenvalue weighted by Crippen LogP contribution is 2.29. The Morgan fingerprint density at radius 2 is 1.72 bits per heavy atom. The van der Waals surface area contributed by atoms with E-state index in [1.165, 1.54) is 13.3 Å². The summed E-state index contributed by atoms with van der Waals surface area (Å²) in [7, 11) is 1.54. The quantitative estimate of drug-likeness (QED) is 0.304. The highest BCUT2D eigenvalue weighted by Gasteiger charge is 2.07. The van der Waals surface area contributed by atoms with Gasteiger partial charge in [-0.25, -0.2) is 5.43 Å². The van der Waals surface area contributed by atoms with Gasteiger partial charge in [0.2, 0.25) is 0 Å². The summed E-state index contributed by atoms with van der Waals surface area (Å²) in [4.78, 5) is 11.9. The van der Waals surface area contributed by atoms with Crippen LogP contribution in [0.2, 0.25) is 15.1 Å². The summed E-state index contributed by atoms with van der Waals surface area (Å²) < 4.78 is 16.6. The van der Waals surface area contributed by atoms with E-state index in [2.05, 4.69) is 10.5 Å². The van der Waals surface area contributed by atoms with Crippen molar-refractivity contribution in [2.75, 3.05) is 13.7 Å². The second-order valence-electron chi connectivity index (χ2n) is 6.48. The van der Waals surface area contributed by atoms with Gasteiger partial charge < -0.3 is 14.2 Å². The van der Waals surface area contributed by atoms with Crippen LogP contribution >= 0.6 is 34.8 Å². The number of ether oxygens (including phenoxy) is 3. The molecule has 6 nitrogen and oxygen atoms in total. The van der Waals surface area contributed by atoms with E-state index in [4.69, 9.17) is 49.0 Å². The number of hydrazone groups is 1. The Bertz CT molecular complexity index is 1100. The molecule has 32 heavy (non-hydrogen) atoms. The van der Waals surface area contributed by atoms with Gasteiger partial charge >= 0.3 is 0 Å². The molecular weight excluding hydrogens is 475 g/mol. The molecule has 0 saturated carbocycles. The van der Waals surface area contributed by atoms with Crippen molar-refractivity contribution in [2.45, 2.75) is 6.61 Å². The maximum atomic E-state index is 11.9. The molecule has 0 spiro atoms. The van der Waals surface area contributed by atoms with Crippen molar-refractivity contribution in [1.29, 1.82) is 0 Å². The minimum absolute atomic E-state index is 0.177. The molecule has 3 aromatic rings. The van der Waals surface area contributed by atoms with E-state index >= 15 is 0 Å². The highest BCUT2D eigenvalue weighted by molar-refractivity contribution is 6.42. The van der Waals surface area contributed by atoms with E-state index in [1.807, 2.05) is 6.07 Å². The van der Waals surface area contributed by atoms with Crippen molar-refractivity contribution < 1.29 is 19.0 Å². The normalized spacial score (nSPS) is 10.8. The van der Waals surface area contributed by atoms with Gasteiger partial charge in [-0.2, -0.15) is 5.10 Å². The molecule has 1 amide bonds. The molecule has 0 atom stereocenters. The van der Waals surface area contributed by atoms with Crippen molar-refractivity contribution in [2.24, 2.45) is 5.10 Å². The number of rotatable bonds is 9. The number of carbonyl (C=O) groups excluding carboxylic acids is 1. The standard InChI is InChI=1S/C23H19Cl3N2O4/c1-30-22-11-15(3-9-21(22)32-13-16-2-8-19(25)20(26)10-16)12-27-28-23(29)14-31-18-6-4-17(24)5-7-18/h2-12H,13-14H2,1H3,(H,28,29)/b27-12-. The number of benzene rings is 3. The van der Waals surface area contributed by atoms with E-state index in [-0.39, 0.29) is 6.61 Å². The maximum absolute atomic E-state index is 11.9. The number of nitrogens with one attached hydrogen (secondary N) is 1. The number of nitrogens with zero attached hydrogens (tertiary/aromatic N) is 1. The fourth-order valence-corrected chi connectivity index (χ4v) is 3.01. The number of methoxy groups -OCH3 is 1. The van der Waals surface area contributed by atoms with E-state index in [0.29, 0.717) is 44.5 Å². The first-order valence-electron chi connectivity index (χ1n) is 9.39. The van der Waals surface area contributed by atoms with Crippen LogP contribution in [0.1, 0.15) is 11.1 Å². The molecule has 0 aromatic heterocycles. The third kappa shape index (κ3) is 7.05. The zero-order valence-corrected chi connectivity index (χ0v) is 19.2. The third-order valence-electron chi connectivity index (χ3n) is 4.15. The predicted octanol–water partition coefficient (Wildman–Crippen LogP) is 5.76. The first kappa shape index (κ1) is 23.7. The minimum atomic E-state index is -0.398. The lowest BCUT2D eigenvalue weighted by molar-refractivity contribution is -0.123. The third-order valence-corrected chi connectivity index (χ3v) is 5.14. The number of carbonyl (C=O) groups is 1. The van der Waals surface area contributed by atoms with Crippen LogP contribution in [0, 0.1) is 0 Å². The Hall–Kier alpha value is -2.93. The summed E-state index contributed by atoms with van der Waals surface area (Å²) in [6.07, 6.45) is 1.49. The van der Waals surface area contributed by atoms with Crippen LogP contribution < -0.4 is 19.6 Å². The van der Waals surface area contributed by atoms with E-state index in [0.717, 1.165) is 5.56 Å². The van der Waals surface area contributed by atoms with Crippen LogP contribution in [0.4, 0.5) is 0 Å². The Morgan fingerprint density at radius 1 is 0.938 bits per heavy atom. The van der Waals surface area contributed by atoms with Gasteiger partial charge in [-0.15, -0.1) is 0 Å². The lowest BCUT2D eigenvalue weighted by Gasteiger charge is -2.11. The van der Waals surface area contributed by atoms with Crippen LogP contribution in [-0.4, -0.2) is 25.8 Å². The average Bonchev–Trinajstić information content (AvgIpc) is 2.80. The van der Waals surface area contributed by atoms with Crippen molar-refractivity contribution in [3.8, 4) is 17.2 Å². The second-order valence-corrected chi connectivity index (χ2v) is 7.73. The Kier molecular flexibility index (Phi) is 8.62. The largest absolute Gasteiger partial charge is 0.493 e. The first-order chi connectivity index (χ1) is 15.4. The molecule has 3 rings (SSSR count). The van der Waals surface area contributed by atoms with Crippen molar-refractivity contribution >= 4 is 46.9 Å². The highest BCUT2D eigenvalue weighted by atomic mass is 35.5. The summed E-state index contributed by atoms with van der Waals surface area (Å²) in [5.74, 6) is 1.21. The number of hydrogen-bond donors (Lipinski definition) is 1. The zero-order chi connectivity index (χ0) is 22.9. The Labute approximate surface area is 200 Å². The topological polar surface area (TPSA) is 69.2 Å². The molecule has 0 fully saturated rings. The molecule has 0 aliphatic rings. The summed E-state index contributed by atoms with van der Waals surface area (Å²) >= 11 is 17.8. The molecule has 0 saturated heterocycles. The van der Waals surface area contributed by atoms with Gasteiger partial charge in [0.1, 0.15) is 12.4 Å². The average molecular weight is 494 g/mol. The first-order valence-corrected chi connectivity index (χ1v) is 10.5. The molecule has 0 bridgehead atoms. The van der Waals surface area contributed by atoms with Crippen LogP contribution in [0.3, 0.4) is 0 Å². The zero-order valence-electron chi connectivity index (χ0n) is 17.0. The monoisotopic (exact) mass is 492 g/mol. The van der Waals surface area contributed by atoms with Crippen LogP contribution in [0.5, 0.6) is 17.2 Å². The summed E-state index contributed by atoms with van der Waals surface area (Å²) in [5.41, 5.74) is 3.99. The number of halogens is 3. The van der Waals surface area contributed by atoms with Gasteiger partial charge in [-0.3, -0.25) is 4.79 Å².